The number of hydrogen-bond donors (Lipinski definition) is 1. The van der Waals surface area contributed by atoms with E-state index in [0.29, 0.717) is 17.3 Å². The van der Waals surface area contributed by atoms with Crippen molar-refractivity contribution in [1.29, 1.82) is 0 Å². The monoisotopic (exact) mass is 273 g/mol. The van der Waals surface area contributed by atoms with Gasteiger partial charge in [-0.2, -0.15) is 11.8 Å². The van der Waals surface area contributed by atoms with Crippen molar-refractivity contribution in [1.82, 2.24) is 0 Å². The standard InChI is InChI=1S/C11H15NO5S/c1-15-10(13)8(12)6-18-5-7-3-4-9(17-7)11(14)16-2/h3-4,8H,5-6,12H2,1-2H3. The molecule has 1 aromatic rings. The smallest absolute Gasteiger partial charge is 0.373 e. The molecule has 1 unspecified atom stereocenters. The lowest BCUT2D eigenvalue weighted by atomic mass is 10.4. The third-order valence-corrected chi connectivity index (χ3v) is 3.18. The molecular formula is C11H15NO5S. The topological polar surface area (TPSA) is 91.8 Å². The Hall–Kier alpha value is -1.47. The van der Waals surface area contributed by atoms with Gasteiger partial charge < -0.3 is 19.6 Å². The summed E-state index contributed by atoms with van der Waals surface area (Å²) in [6.07, 6.45) is 0. The van der Waals surface area contributed by atoms with E-state index in [0.717, 1.165) is 0 Å². The first kappa shape index (κ1) is 14.6. The maximum absolute atomic E-state index is 11.1. The van der Waals surface area contributed by atoms with Crippen LogP contribution in [0.4, 0.5) is 0 Å². The van der Waals surface area contributed by atoms with Gasteiger partial charge in [-0.25, -0.2) is 4.79 Å². The number of ether oxygens (including phenoxy) is 2. The second-order valence-corrected chi connectivity index (χ2v) is 4.43. The minimum Gasteiger partial charge on any atom is -0.468 e. The van der Waals surface area contributed by atoms with Crippen molar-refractivity contribution in [3.63, 3.8) is 0 Å². The Balaban J connectivity index is 2.38. The zero-order chi connectivity index (χ0) is 13.5. The van der Waals surface area contributed by atoms with Crippen LogP contribution in [0.25, 0.3) is 0 Å². The lowest BCUT2D eigenvalue weighted by Gasteiger charge is -2.07. The van der Waals surface area contributed by atoms with Crippen LogP contribution in [-0.4, -0.2) is 38.0 Å². The third-order valence-electron chi connectivity index (χ3n) is 2.09. The first-order chi connectivity index (χ1) is 8.58. The van der Waals surface area contributed by atoms with Gasteiger partial charge in [0.1, 0.15) is 11.8 Å². The summed E-state index contributed by atoms with van der Waals surface area (Å²) in [5.74, 6) is 0.750. The van der Waals surface area contributed by atoms with E-state index in [9.17, 15) is 9.59 Å². The Bertz CT molecular complexity index is 417. The van der Waals surface area contributed by atoms with Crippen molar-refractivity contribution in [2.24, 2.45) is 5.73 Å². The van der Waals surface area contributed by atoms with Gasteiger partial charge in [0.05, 0.1) is 20.0 Å². The highest BCUT2D eigenvalue weighted by Gasteiger charge is 2.15. The fourth-order valence-corrected chi connectivity index (χ4v) is 2.04. The van der Waals surface area contributed by atoms with Gasteiger partial charge in [-0.15, -0.1) is 0 Å². The quantitative estimate of drug-likeness (QED) is 0.766. The molecule has 0 aliphatic carbocycles. The van der Waals surface area contributed by atoms with E-state index in [2.05, 4.69) is 9.47 Å². The number of thioether (sulfide) groups is 1. The molecule has 1 atom stereocenters. The maximum Gasteiger partial charge on any atom is 0.373 e. The number of esters is 2. The molecule has 0 bridgehead atoms. The van der Waals surface area contributed by atoms with Gasteiger partial charge in [-0.05, 0) is 12.1 Å². The minimum atomic E-state index is -0.657. The molecule has 1 heterocycles. The van der Waals surface area contributed by atoms with E-state index in [1.54, 1.807) is 12.1 Å². The van der Waals surface area contributed by atoms with E-state index in [1.807, 2.05) is 0 Å². The molecule has 6 nitrogen and oxygen atoms in total. The molecule has 0 radical (unpaired) electrons. The molecule has 1 rings (SSSR count). The molecule has 7 heteroatoms. The summed E-state index contributed by atoms with van der Waals surface area (Å²) in [5.41, 5.74) is 5.57. The van der Waals surface area contributed by atoms with E-state index >= 15 is 0 Å². The number of hydrogen-bond acceptors (Lipinski definition) is 7. The molecule has 18 heavy (non-hydrogen) atoms. The van der Waals surface area contributed by atoms with Crippen molar-refractivity contribution in [2.45, 2.75) is 11.8 Å². The Kier molecular flexibility index (Phi) is 5.73. The van der Waals surface area contributed by atoms with E-state index < -0.39 is 18.0 Å². The lowest BCUT2D eigenvalue weighted by molar-refractivity contribution is -0.141. The van der Waals surface area contributed by atoms with Gasteiger partial charge in [0, 0.05) is 5.75 Å². The van der Waals surface area contributed by atoms with Crippen LogP contribution >= 0.6 is 11.8 Å². The van der Waals surface area contributed by atoms with Gasteiger partial charge in [-0.1, -0.05) is 0 Å². The molecular weight excluding hydrogens is 258 g/mol. The van der Waals surface area contributed by atoms with Crippen molar-refractivity contribution in [3.8, 4) is 0 Å². The summed E-state index contributed by atoms with van der Waals surface area (Å²) in [7, 11) is 2.58. The fraction of sp³-hybridized carbons (Fsp3) is 0.455. The van der Waals surface area contributed by atoms with Crippen LogP contribution in [0.15, 0.2) is 16.5 Å². The summed E-state index contributed by atoms with van der Waals surface area (Å²) in [6.45, 7) is 0. The average Bonchev–Trinajstić information content (AvgIpc) is 2.85. The predicted molar refractivity (Wildman–Crippen MR) is 66.2 cm³/mol. The van der Waals surface area contributed by atoms with Crippen molar-refractivity contribution < 1.29 is 23.5 Å². The largest absolute Gasteiger partial charge is 0.468 e. The van der Waals surface area contributed by atoms with Gasteiger partial charge in [0.25, 0.3) is 0 Å². The first-order valence-electron chi connectivity index (χ1n) is 5.16. The van der Waals surface area contributed by atoms with Crippen molar-refractivity contribution in [3.05, 3.63) is 23.7 Å². The minimum absolute atomic E-state index is 0.158. The molecule has 2 N–H and O–H groups in total. The summed E-state index contributed by atoms with van der Waals surface area (Å²) >= 11 is 1.42. The van der Waals surface area contributed by atoms with E-state index in [4.69, 9.17) is 10.2 Å². The Morgan fingerprint density at radius 2 is 2.11 bits per heavy atom. The number of carbonyl (C=O) groups excluding carboxylic acids is 2. The predicted octanol–water partition coefficient (Wildman–Crippen LogP) is 0.800. The number of methoxy groups -OCH3 is 2. The number of furan rings is 1. The third kappa shape index (κ3) is 4.08. The van der Waals surface area contributed by atoms with Gasteiger partial charge >= 0.3 is 11.9 Å². The Morgan fingerprint density at radius 3 is 2.72 bits per heavy atom. The van der Waals surface area contributed by atoms with Crippen molar-refractivity contribution >= 4 is 23.7 Å². The average molecular weight is 273 g/mol. The fourth-order valence-electron chi connectivity index (χ4n) is 1.17. The molecule has 0 fully saturated rings. The number of carbonyl (C=O) groups is 2. The molecule has 1 aromatic heterocycles. The van der Waals surface area contributed by atoms with Crippen LogP contribution < -0.4 is 5.73 Å². The van der Waals surface area contributed by atoms with Crippen molar-refractivity contribution in [2.75, 3.05) is 20.0 Å². The summed E-state index contributed by atoms with van der Waals surface area (Å²) in [4.78, 5) is 22.2. The van der Waals surface area contributed by atoms with Crippen LogP contribution in [0.3, 0.4) is 0 Å². The van der Waals surface area contributed by atoms with Crippen LogP contribution in [0.5, 0.6) is 0 Å². The number of nitrogens with two attached hydrogens (primary N) is 1. The molecule has 0 saturated heterocycles. The highest BCUT2D eigenvalue weighted by atomic mass is 32.2. The normalized spacial score (nSPS) is 11.9. The summed E-state index contributed by atoms with van der Waals surface area (Å²) < 4.78 is 14.3. The lowest BCUT2D eigenvalue weighted by Crippen LogP contribution is -2.33. The zero-order valence-electron chi connectivity index (χ0n) is 10.2. The molecule has 0 aliphatic heterocycles. The maximum atomic E-state index is 11.1. The summed E-state index contributed by atoms with van der Waals surface area (Å²) in [6, 6.07) is 2.57. The second-order valence-electron chi connectivity index (χ2n) is 3.40. The van der Waals surface area contributed by atoms with E-state index in [-0.39, 0.29) is 5.76 Å². The summed E-state index contributed by atoms with van der Waals surface area (Å²) in [5, 5.41) is 0. The second kappa shape index (κ2) is 7.07. The molecule has 0 saturated carbocycles. The Morgan fingerprint density at radius 1 is 1.39 bits per heavy atom. The SMILES string of the molecule is COC(=O)c1ccc(CSCC(N)C(=O)OC)o1. The molecule has 0 spiro atoms. The highest BCUT2D eigenvalue weighted by molar-refractivity contribution is 7.98. The van der Waals surface area contributed by atoms with Crippen LogP contribution in [0.2, 0.25) is 0 Å². The van der Waals surface area contributed by atoms with Crippen LogP contribution in [0.1, 0.15) is 16.3 Å². The van der Waals surface area contributed by atoms with Crippen LogP contribution in [-0.2, 0) is 20.0 Å². The Labute approximate surface area is 109 Å². The first-order valence-corrected chi connectivity index (χ1v) is 6.32. The van der Waals surface area contributed by atoms with E-state index in [1.165, 1.54) is 26.0 Å². The zero-order valence-corrected chi connectivity index (χ0v) is 11.0. The molecule has 0 aromatic carbocycles. The molecule has 100 valence electrons. The van der Waals surface area contributed by atoms with Gasteiger partial charge in [0.2, 0.25) is 5.76 Å². The molecule has 0 amide bonds. The molecule has 0 aliphatic rings. The number of rotatable bonds is 6. The van der Waals surface area contributed by atoms with Gasteiger partial charge in [-0.3, -0.25) is 4.79 Å². The van der Waals surface area contributed by atoms with Crippen LogP contribution in [0, 0.1) is 0 Å². The van der Waals surface area contributed by atoms with Gasteiger partial charge in [0.15, 0.2) is 0 Å². The highest BCUT2D eigenvalue weighted by Crippen LogP contribution is 2.16.